The van der Waals surface area contributed by atoms with E-state index in [4.69, 9.17) is 0 Å². The Balaban J connectivity index is 1.53. The fraction of sp³-hybridized carbons (Fsp3) is 0.227. The van der Waals surface area contributed by atoms with Crippen LogP contribution in [0.25, 0.3) is 10.8 Å². The summed E-state index contributed by atoms with van der Waals surface area (Å²) in [5, 5.41) is 56.0. The summed E-state index contributed by atoms with van der Waals surface area (Å²) < 4.78 is 1.68. The molecule has 14 nitrogen and oxygen atoms in total. The summed E-state index contributed by atoms with van der Waals surface area (Å²) in [5.74, 6) is -2.32. The van der Waals surface area contributed by atoms with Gasteiger partial charge in [0.2, 0.25) is 5.69 Å². The number of benzene rings is 3. The van der Waals surface area contributed by atoms with Crippen molar-refractivity contribution in [1.29, 1.82) is 5.26 Å². The van der Waals surface area contributed by atoms with Gasteiger partial charge in [0.25, 0.3) is 5.69 Å². The third-order valence-electron chi connectivity index (χ3n) is 10.9. The van der Waals surface area contributed by atoms with Gasteiger partial charge in [-0.25, -0.2) is 4.98 Å². The van der Waals surface area contributed by atoms with E-state index in [9.17, 15) is 45.3 Å². The Bertz CT molecular complexity index is 2540. The maximum absolute atomic E-state index is 12.5. The number of nitro benzene ring substituents is 1. The van der Waals surface area contributed by atoms with Crippen LogP contribution >= 0.6 is 0 Å². The van der Waals surface area contributed by atoms with Gasteiger partial charge >= 0.3 is 17.8 Å². The minimum Gasteiger partial charge on any atom is -0.481 e. The molecule has 1 atom stereocenters. The maximum Gasteiger partial charge on any atom is 0.321 e. The van der Waals surface area contributed by atoms with Crippen molar-refractivity contribution in [3.63, 3.8) is 0 Å². The van der Waals surface area contributed by atoms with Crippen molar-refractivity contribution in [2.45, 2.75) is 49.9 Å². The molecule has 1 aromatic heterocycles. The van der Waals surface area contributed by atoms with E-state index < -0.39 is 32.6 Å². The van der Waals surface area contributed by atoms with E-state index in [-0.39, 0.29) is 49.4 Å². The summed E-state index contributed by atoms with van der Waals surface area (Å²) in [6.45, 7) is 9.98. The van der Waals surface area contributed by atoms with E-state index in [1.54, 1.807) is 35.8 Å². The van der Waals surface area contributed by atoms with Crippen LogP contribution in [-0.4, -0.2) is 60.4 Å². The zero-order valence-electron chi connectivity index (χ0n) is 31.8. The van der Waals surface area contributed by atoms with Crippen LogP contribution in [0.3, 0.4) is 0 Å². The first-order valence-electron chi connectivity index (χ1n) is 18.5. The first-order valence-corrected chi connectivity index (χ1v) is 18.5. The second-order valence-electron chi connectivity index (χ2n) is 14.4. The van der Waals surface area contributed by atoms with Crippen LogP contribution in [0.5, 0.6) is 0 Å². The van der Waals surface area contributed by atoms with Crippen LogP contribution in [0.1, 0.15) is 49.4 Å². The summed E-state index contributed by atoms with van der Waals surface area (Å²) in [4.78, 5) is 51.5. The molecule has 0 saturated heterocycles. The minimum absolute atomic E-state index is 0.0357. The van der Waals surface area contributed by atoms with E-state index in [0.717, 1.165) is 27.7 Å². The highest BCUT2D eigenvalue weighted by atomic mass is 16.6. The van der Waals surface area contributed by atoms with Crippen molar-refractivity contribution >= 4 is 51.3 Å². The number of fused-ring (bicyclic) bond motifs is 4. The Hall–Kier alpha value is -7.40. The lowest BCUT2D eigenvalue weighted by Gasteiger charge is -2.32. The number of anilines is 1. The first-order chi connectivity index (χ1) is 27.8. The van der Waals surface area contributed by atoms with Gasteiger partial charge in [0.1, 0.15) is 17.7 Å². The Morgan fingerprint density at radius 1 is 0.948 bits per heavy atom. The van der Waals surface area contributed by atoms with E-state index in [1.807, 2.05) is 59.5 Å². The number of H-pyrrole nitrogens is 1. The summed E-state index contributed by atoms with van der Waals surface area (Å²) >= 11 is 0. The van der Waals surface area contributed by atoms with Crippen LogP contribution in [0.4, 0.5) is 22.9 Å². The zero-order chi connectivity index (χ0) is 41.8. The average molecular weight is 782 g/mol. The number of nitrogens with zero attached hydrogens (tertiary/aromatic N) is 5. The molecule has 0 bridgehead atoms. The van der Waals surface area contributed by atoms with Gasteiger partial charge in [0.15, 0.2) is 12.3 Å². The predicted octanol–water partition coefficient (Wildman–Crippen LogP) is 8.33. The number of hydrogen-bond donors (Lipinski definition) is 3. The SMILES string of the molecule is C=CCC1(CC=C)\C(=C/C=C(C#N)/C=C/C2=[N+](CCC(=O)O)c3cccc([N+](=O)[O-])c3C2(C)Cc2ccc([N+](=O)[O-])[nH]2)N(CCC(=O)O)c2ccc3ccccc3c21. The molecule has 294 valence electrons. The van der Waals surface area contributed by atoms with Crippen LogP contribution in [-0.2, 0) is 26.8 Å². The van der Waals surface area contributed by atoms with Crippen molar-refractivity contribution in [3.05, 3.63) is 165 Å². The van der Waals surface area contributed by atoms with E-state index in [1.165, 1.54) is 24.3 Å². The highest BCUT2D eigenvalue weighted by molar-refractivity contribution is 6.05. The number of carboxylic acids is 2. The van der Waals surface area contributed by atoms with Crippen LogP contribution in [0, 0.1) is 31.6 Å². The van der Waals surface area contributed by atoms with Crippen LogP contribution < -0.4 is 4.90 Å². The largest absolute Gasteiger partial charge is 0.481 e. The Morgan fingerprint density at radius 3 is 2.31 bits per heavy atom. The number of carboxylic acid groups (broad SMARTS) is 2. The number of nitriles is 1. The van der Waals surface area contributed by atoms with Crippen LogP contribution in [0.15, 0.2) is 128 Å². The first kappa shape index (κ1) is 40.3. The van der Waals surface area contributed by atoms with E-state index in [0.29, 0.717) is 35.5 Å². The summed E-state index contributed by atoms with van der Waals surface area (Å²) in [7, 11) is 0. The number of aromatic nitrogens is 1. The number of carbonyl (C=O) groups is 2. The molecule has 1 unspecified atom stereocenters. The Kier molecular flexibility index (Phi) is 11.4. The molecule has 0 amide bonds. The molecule has 14 heteroatoms. The fourth-order valence-electron chi connectivity index (χ4n) is 8.60. The lowest BCUT2D eigenvalue weighted by molar-refractivity contribution is -0.437. The number of aromatic amines is 1. The number of nitrogens with one attached hydrogen (secondary N) is 1. The third-order valence-corrected chi connectivity index (χ3v) is 10.9. The summed E-state index contributed by atoms with van der Waals surface area (Å²) in [5.41, 5.74) is 2.18. The van der Waals surface area contributed by atoms with Gasteiger partial charge in [-0.15, -0.1) is 13.2 Å². The Morgan fingerprint density at radius 2 is 1.67 bits per heavy atom. The standard InChI is InChI=1S/C44H40N6O8/c1-4-23-44(24-5-2)37(48(26-22-40(53)54)34-17-15-30-9-6-7-10-32(30)41(34)44)19-14-29(28-45)13-18-36-43(3,27-31-16-20-38(46-31)50(57)58)42-33(47(36)25-21-39(51)52)11-8-12-35(42)49(55)56/h4-20,46H,1-2,21-27H2,3H3,(H-,51,52,53,54)/p+1. The van der Waals surface area contributed by atoms with Gasteiger partial charge < -0.3 is 25.2 Å². The maximum atomic E-state index is 12.5. The van der Waals surface area contributed by atoms with E-state index >= 15 is 0 Å². The number of rotatable bonds is 17. The molecule has 0 saturated carbocycles. The van der Waals surface area contributed by atoms with Gasteiger partial charge in [-0.3, -0.25) is 19.7 Å². The van der Waals surface area contributed by atoms with Gasteiger partial charge in [-0.1, -0.05) is 42.5 Å². The van der Waals surface area contributed by atoms with Crippen molar-refractivity contribution in [2.75, 3.05) is 18.0 Å². The van der Waals surface area contributed by atoms with Gasteiger partial charge in [0, 0.05) is 54.0 Å². The molecular formula is C44H41N6O8+. The van der Waals surface area contributed by atoms with Gasteiger partial charge in [-0.05, 0) is 77.5 Å². The van der Waals surface area contributed by atoms with Crippen molar-refractivity contribution < 1.29 is 34.2 Å². The average Bonchev–Trinajstić information content (AvgIpc) is 3.83. The molecular weight excluding hydrogens is 741 g/mol. The molecule has 0 radical (unpaired) electrons. The zero-order valence-corrected chi connectivity index (χ0v) is 31.8. The molecule has 6 rings (SSSR count). The number of allylic oxidation sites excluding steroid dienone is 8. The summed E-state index contributed by atoms with van der Waals surface area (Å²) in [6, 6.07) is 21.5. The molecule has 2 aliphatic rings. The number of nitro groups is 2. The Labute approximate surface area is 333 Å². The molecule has 58 heavy (non-hydrogen) atoms. The predicted molar refractivity (Wildman–Crippen MR) is 219 cm³/mol. The van der Waals surface area contributed by atoms with Crippen molar-refractivity contribution in [2.24, 2.45) is 0 Å². The van der Waals surface area contributed by atoms with E-state index in [2.05, 4.69) is 24.2 Å². The highest BCUT2D eigenvalue weighted by Gasteiger charge is 2.53. The highest BCUT2D eigenvalue weighted by Crippen LogP contribution is 2.55. The lowest BCUT2D eigenvalue weighted by atomic mass is 9.72. The smallest absolute Gasteiger partial charge is 0.321 e. The molecule has 4 aromatic rings. The molecule has 0 aliphatic carbocycles. The third kappa shape index (κ3) is 7.33. The number of aliphatic carboxylic acids is 2. The normalized spacial score (nSPS) is 17.7. The molecule has 3 aromatic carbocycles. The fourth-order valence-corrected chi connectivity index (χ4v) is 8.60. The van der Waals surface area contributed by atoms with Crippen molar-refractivity contribution in [3.8, 4) is 6.07 Å². The molecule has 3 heterocycles. The van der Waals surface area contributed by atoms with Gasteiger partial charge in [0.05, 0.1) is 28.4 Å². The minimum atomic E-state index is -1.23. The lowest BCUT2D eigenvalue weighted by Crippen LogP contribution is -2.34. The number of hydrogen-bond acceptors (Lipinski definition) is 8. The van der Waals surface area contributed by atoms with Crippen molar-refractivity contribution in [1.82, 2.24) is 4.98 Å². The molecule has 0 fully saturated rings. The second kappa shape index (κ2) is 16.4. The van der Waals surface area contributed by atoms with Crippen LogP contribution in [0.2, 0.25) is 0 Å². The van der Waals surface area contributed by atoms with Gasteiger partial charge in [-0.2, -0.15) is 9.84 Å². The monoisotopic (exact) mass is 781 g/mol. The second-order valence-corrected chi connectivity index (χ2v) is 14.4. The molecule has 0 spiro atoms. The topological polar surface area (TPSA) is 207 Å². The molecule has 3 N–H and O–H groups in total. The quantitative estimate of drug-likeness (QED) is 0.0233. The molecule has 2 aliphatic heterocycles. The summed E-state index contributed by atoms with van der Waals surface area (Å²) in [6.07, 6.45) is 10.8.